The van der Waals surface area contributed by atoms with Crippen LogP contribution in [0.4, 0.5) is 0 Å². The standard InChI is InChI=1S/C26H26N4O3S/c1-16-22(14-28-24(31)11-18-5-4-10-34-18)19-8-9-30(15-17(19)13-27-16)25(32)12-23-20-6-2-3-7-21(20)26(33)29-23/h2-7,10,13,23H,8-9,11-12,14-15H2,1H3,(H,28,31)(H,29,33)/t23-/m1/s1. The van der Waals surface area contributed by atoms with E-state index in [1.807, 2.05) is 53.7 Å². The van der Waals surface area contributed by atoms with E-state index < -0.39 is 0 Å². The fourth-order valence-electron chi connectivity index (χ4n) is 4.78. The zero-order valence-corrected chi connectivity index (χ0v) is 19.8. The van der Waals surface area contributed by atoms with E-state index in [2.05, 4.69) is 15.6 Å². The molecule has 0 aliphatic carbocycles. The number of amides is 3. The number of fused-ring (bicyclic) bond motifs is 2. The Morgan fingerprint density at radius 2 is 2.09 bits per heavy atom. The van der Waals surface area contributed by atoms with Crippen molar-refractivity contribution in [3.63, 3.8) is 0 Å². The van der Waals surface area contributed by atoms with E-state index in [4.69, 9.17) is 0 Å². The Hall–Kier alpha value is -3.52. The van der Waals surface area contributed by atoms with Gasteiger partial charge in [0, 0.05) is 42.0 Å². The molecule has 0 radical (unpaired) electrons. The van der Waals surface area contributed by atoms with E-state index in [1.165, 1.54) is 5.56 Å². The highest BCUT2D eigenvalue weighted by molar-refractivity contribution is 7.10. The number of nitrogens with zero attached hydrogens (tertiary/aromatic N) is 2. The van der Waals surface area contributed by atoms with Crippen molar-refractivity contribution in [1.29, 1.82) is 0 Å². The average molecular weight is 475 g/mol. The summed E-state index contributed by atoms with van der Waals surface area (Å²) >= 11 is 1.58. The summed E-state index contributed by atoms with van der Waals surface area (Å²) in [5, 5.41) is 7.93. The molecule has 2 aromatic heterocycles. The SMILES string of the molecule is Cc1ncc2c(c1CNC(=O)Cc1cccs1)CCN(C(=O)C[C@H]1NC(=O)c3ccccc31)C2. The molecular formula is C26H26N4O3S. The summed E-state index contributed by atoms with van der Waals surface area (Å²) in [7, 11) is 0. The number of aryl methyl sites for hydroxylation is 1. The van der Waals surface area contributed by atoms with Crippen LogP contribution in [0.3, 0.4) is 0 Å². The molecule has 1 aromatic carbocycles. The molecule has 5 rings (SSSR count). The highest BCUT2D eigenvalue weighted by Crippen LogP contribution is 2.30. The zero-order chi connectivity index (χ0) is 23.7. The minimum absolute atomic E-state index is 0.00837. The summed E-state index contributed by atoms with van der Waals surface area (Å²) in [6.07, 6.45) is 3.17. The number of carbonyl (C=O) groups excluding carboxylic acids is 3. The third-order valence-corrected chi connectivity index (χ3v) is 7.47. The van der Waals surface area contributed by atoms with Gasteiger partial charge in [-0.15, -0.1) is 11.3 Å². The molecule has 1 atom stereocenters. The van der Waals surface area contributed by atoms with Crippen molar-refractivity contribution < 1.29 is 14.4 Å². The molecule has 4 heterocycles. The van der Waals surface area contributed by atoms with Crippen LogP contribution in [0.5, 0.6) is 0 Å². The number of rotatable bonds is 6. The van der Waals surface area contributed by atoms with E-state index >= 15 is 0 Å². The van der Waals surface area contributed by atoms with Crippen LogP contribution in [0, 0.1) is 6.92 Å². The van der Waals surface area contributed by atoms with Crippen LogP contribution < -0.4 is 10.6 Å². The molecule has 0 fully saturated rings. The van der Waals surface area contributed by atoms with Crippen molar-refractivity contribution in [3.8, 4) is 0 Å². The lowest BCUT2D eigenvalue weighted by Gasteiger charge is -2.31. The zero-order valence-electron chi connectivity index (χ0n) is 19.0. The van der Waals surface area contributed by atoms with Crippen molar-refractivity contribution in [1.82, 2.24) is 20.5 Å². The van der Waals surface area contributed by atoms with Crippen molar-refractivity contribution in [2.24, 2.45) is 0 Å². The van der Waals surface area contributed by atoms with Crippen molar-refractivity contribution in [2.75, 3.05) is 6.54 Å². The maximum atomic E-state index is 13.1. The Balaban J connectivity index is 1.24. The predicted molar refractivity (Wildman–Crippen MR) is 129 cm³/mol. The van der Waals surface area contributed by atoms with Gasteiger partial charge in [-0.3, -0.25) is 19.4 Å². The molecule has 0 spiro atoms. The first-order valence-electron chi connectivity index (χ1n) is 11.4. The van der Waals surface area contributed by atoms with E-state index in [9.17, 15) is 14.4 Å². The molecule has 2 aliphatic heterocycles. The monoisotopic (exact) mass is 474 g/mol. The van der Waals surface area contributed by atoms with Crippen LogP contribution in [0.15, 0.2) is 48.0 Å². The van der Waals surface area contributed by atoms with Crippen LogP contribution in [0.2, 0.25) is 0 Å². The summed E-state index contributed by atoms with van der Waals surface area (Å²) in [4.78, 5) is 45.1. The maximum absolute atomic E-state index is 13.1. The summed E-state index contributed by atoms with van der Waals surface area (Å²) in [5.41, 5.74) is 5.67. The second kappa shape index (κ2) is 9.38. The number of benzene rings is 1. The van der Waals surface area contributed by atoms with Gasteiger partial charge in [0.15, 0.2) is 0 Å². The van der Waals surface area contributed by atoms with Gasteiger partial charge in [0.2, 0.25) is 11.8 Å². The second-order valence-corrected chi connectivity index (χ2v) is 9.77. The van der Waals surface area contributed by atoms with Crippen LogP contribution in [-0.4, -0.2) is 34.2 Å². The molecule has 0 unspecified atom stereocenters. The lowest BCUT2D eigenvalue weighted by molar-refractivity contribution is -0.132. The smallest absolute Gasteiger partial charge is 0.252 e. The van der Waals surface area contributed by atoms with Crippen LogP contribution in [0.1, 0.15) is 55.6 Å². The summed E-state index contributed by atoms with van der Waals surface area (Å²) in [6, 6.07) is 11.0. The molecule has 3 amide bonds. The highest BCUT2D eigenvalue weighted by atomic mass is 32.1. The summed E-state index contributed by atoms with van der Waals surface area (Å²) in [5.74, 6) is -0.118. The van der Waals surface area contributed by atoms with Gasteiger partial charge in [0.05, 0.1) is 18.9 Å². The van der Waals surface area contributed by atoms with Crippen LogP contribution >= 0.6 is 11.3 Å². The normalized spacial score (nSPS) is 16.6. The van der Waals surface area contributed by atoms with Gasteiger partial charge < -0.3 is 15.5 Å². The molecule has 0 saturated heterocycles. The number of hydrogen-bond donors (Lipinski definition) is 2. The minimum Gasteiger partial charge on any atom is -0.352 e. The Morgan fingerprint density at radius 1 is 1.24 bits per heavy atom. The second-order valence-electron chi connectivity index (χ2n) is 8.74. The van der Waals surface area contributed by atoms with Crippen molar-refractivity contribution in [2.45, 2.75) is 45.3 Å². The maximum Gasteiger partial charge on any atom is 0.252 e. The van der Waals surface area contributed by atoms with Gasteiger partial charge >= 0.3 is 0 Å². The lowest BCUT2D eigenvalue weighted by Crippen LogP contribution is -2.38. The van der Waals surface area contributed by atoms with Gasteiger partial charge in [-0.2, -0.15) is 0 Å². The molecule has 174 valence electrons. The van der Waals surface area contributed by atoms with Gasteiger partial charge in [-0.05, 0) is 53.1 Å². The lowest BCUT2D eigenvalue weighted by atomic mass is 9.94. The first-order chi connectivity index (χ1) is 16.5. The van der Waals surface area contributed by atoms with Gasteiger partial charge in [0.25, 0.3) is 5.91 Å². The topological polar surface area (TPSA) is 91.4 Å². The Labute approximate surface area is 202 Å². The summed E-state index contributed by atoms with van der Waals surface area (Å²) < 4.78 is 0. The molecule has 2 aliphatic rings. The first kappa shape index (κ1) is 22.3. The number of hydrogen-bond acceptors (Lipinski definition) is 5. The van der Waals surface area contributed by atoms with Gasteiger partial charge in [0.1, 0.15) is 0 Å². The van der Waals surface area contributed by atoms with Crippen LogP contribution in [0.25, 0.3) is 0 Å². The fraction of sp³-hybridized carbons (Fsp3) is 0.308. The molecule has 3 aromatic rings. The number of aromatic nitrogens is 1. The number of carbonyl (C=O) groups is 3. The number of pyridine rings is 1. The molecule has 8 heteroatoms. The highest BCUT2D eigenvalue weighted by Gasteiger charge is 2.32. The third kappa shape index (κ3) is 4.46. The van der Waals surface area contributed by atoms with Crippen molar-refractivity contribution in [3.05, 3.63) is 86.4 Å². The fourth-order valence-corrected chi connectivity index (χ4v) is 5.48. The van der Waals surface area contributed by atoms with Crippen molar-refractivity contribution >= 4 is 29.1 Å². The quantitative estimate of drug-likeness (QED) is 0.575. The first-order valence-corrected chi connectivity index (χ1v) is 12.3. The minimum atomic E-state index is -0.289. The Kier molecular flexibility index (Phi) is 6.15. The van der Waals surface area contributed by atoms with Crippen LogP contribution in [-0.2, 0) is 35.5 Å². The van der Waals surface area contributed by atoms with E-state index in [1.54, 1.807) is 17.4 Å². The molecular weight excluding hydrogens is 448 g/mol. The molecule has 2 N–H and O–H groups in total. The summed E-state index contributed by atoms with van der Waals surface area (Å²) in [6.45, 7) is 3.48. The number of nitrogens with one attached hydrogen (secondary N) is 2. The third-order valence-electron chi connectivity index (χ3n) is 6.59. The van der Waals surface area contributed by atoms with E-state index in [0.29, 0.717) is 38.0 Å². The van der Waals surface area contributed by atoms with Gasteiger partial charge in [-0.1, -0.05) is 24.3 Å². The Morgan fingerprint density at radius 3 is 2.91 bits per heavy atom. The van der Waals surface area contributed by atoms with E-state index in [-0.39, 0.29) is 30.2 Å². The average Bonchev–Trinajstić information content (AvgIpc) is 3.46. The molecule has 0 bridgehead atoms. The molecule has 34 heavy (non-hydrogen) atoms. The largest absolute Gasteiger partial charge is 0.352 e. The van der Waals surface area contributed by atoms with E-state index in [0.717, 1.165) is 27.3 Å². The Bertz CT molecular complexity index is 1250. The molecule has 7 nitrogen and oxygen atoms in total. The number of thiophene rings is 1. The van der Waals surface area contributed by atoms with Gasteiger partial charge in [-0.25, -0.2) is 0 Å². The predicted octanol–water partition coefficient (Wildman–Crippen LogP) is 3.07. The molecule has 0 saturated carbocycles.